The molecule has 0 saturated carbocycles. The lowest BCUT2D eigenvalue weighted by Gasteiger charge is -2.19. The number of para-hydroxylation sites is 1. The van der Waals surface area contributed by atoms with Gasteiger partial charge in [0.1, 0.15) is 19.0 Å². The van der Waals surface area contributed by atoms with Gasteiger partial charge in [0.25, 0.3) is 0 Å². The van der Waals surface area contributed by atoms with Crippen molar-refractivity contribution in [2.75, 3.05) is 20.0 Å². The molecule has 0 amide bonds. The Bertz CT molecular complexity index is 7080. The van der Waals surface area contributed by atoms with Gasteiger partial charge in [-0.3, -0.25) is 0 Å². The molecule has 0 aliphatic rings. The third-order valence-electron chi connectivity index (χ3n) is 20.4. The fourth-order valence-corrected chi connectivity index (χ4v) is 15.1. The minimum atomic E-state index is -1.64. The van der Waals surface area contributed by atoms with Crippen LogP contribution in [0.3, 0.4) is 0 Å². The minimum absolute atomic E-state index is 0.656. The molecular formula is C126H124N11OPS. The van der Waals surface area contributed by atoms with Crippen molar-refractivity contribution in [3.8, 4) is 90.6 Å². The SMILES string of the molecule is CC.CC.CC.CC.CC.CC.CP(C)(C)=O.c1ccc(-c2cccc(-c3ncnc(-c4ccccc4)n3)c2)cc1.c1ccc(-c2ncnc(-c3ccccc3)n2)cc1.c1ccc(C(=C(c2ccccc2)c2cccc(-c3ccc(-c4ncnc(-c5ccccc5)n4)cc3)c2)c2ccccc2)cc1.c1ccc2c(c1)ccc1cc3ccc4ccccc4c3nc12.c1ccc2scnc2c1.c1ccccc1. The summed E-state index contributed by atoms with van der Waals surface area (Å²) in [5.41, 5.74) is 22.7. The Hall–Kier alpha value is -16.2. The third kappa shape index (κ3) is 31.2. The summed E-state index contributed by atoms with van der Waals surface area (Å²) < 4.78 is 11.5. The van der Waals surface area contributed by atoms with E-state index in [-0.39, 0.29) is 0 Å². The first-order chi connectivity index (χ1) is 69.0. The second kappa shape index (κ2) is 58.3. The van der Waals surface area contributed by atoms with Crippen molar-refractivity contribution in [2.45, 2.75) is 83.1 Å². The molecule has 12 nitrogen and oxygen atoms in total. The Kier molecular flexibility index (Phi) is 44.1. The van der Waals surface area contributed by atoms with E-state index in [0.29, 0.717) is 34.9 Å². The van der Waals surface area contributed by atoms with Crippen molar-refractivity contribution >= 4 is 83.2 Å². The Labute approximate surface area is 832 Å². The standard InChI is InChI=1S/C41H29N3.C21H15N3.C21H13N.C15H11N3.C7H5NS.C6H6.C3H9OP.6C2H6/c1-5-14-31(15-6-1)38(32-16-7-2-8-17-32)39(33-18-9-3-10-19-33)37-23-13-22-36(28-37)30-24-26-35(27-25-30)41-43-29-42-40(44-41)34-20-11-4-12-21-34;1-3-8-16(9-4-1)18-12-7-13-19(14-18)21-23-15-22-20(24-21)17-10-5-2-6-11-17;1-3-7-18-14(5-1)9-11-16-13-17-12-10-15-6-2-4-8-19(15)21(17)22-20(16)18;1-3-7-12(8-4-1)14-16-11-17-15(18-14)13-9-5-2-6-10-13;1-2-4-7-6(3-1)8-5-9-7;1-2-4-6-5-3-1;1-5(2,3)4;6*1-2/h1-29H;1-15H;1-13H;1-11H;1-5H;1-6H;1-3H3;6*1-2H3. The van der Waals surface area contributed by atoms with Crippen LogP contribution in [0.4, 0.5) is 0 Å². The molecule has 0 aliphatic carbocycles. The van der Waals surface area contributed by atoms with Gasteiger partial charge in [-0.2, -0.15) is 0 Å². The Morgan fingerprint density at radius 2 is 0.457 bits per heavy atom. The normalized spacial score (nSPS) is 9.99. The number of benzene rings is 17. The molecule has 14 heteroatoms. The molecule has 5 aromatic heterocycles. The topological polar surface area (TPSA) is 159 Å². The predicted molar refractivity (Wildman–Crippen MR) is 601 cm³/mol. The van der Waals surface area contributed by atoms with Crippen molar-refractivity contribution in [3.63, 3.8) is 0 Å². The first-order valence-corrected chi connectivity index (χ1v) is 51.9. The molecule has 0 aliphatic heterocycles. The molecule has 5 heterocycles. The fourth-order valence-electron chi connectivity index (χ4n) is 14.4. The van der Waals surface area contributed by atoms with E-state index in [2.05, 4.69) is 294 Å². The van der Waals surface area contributed by atoms with Gasteiger partial charge in [-0.1, -0.05) is 508 Å². The van der Waals surface area contributed by atoms with E-state index >= 15 is 0 Å². The highest BCUT2D eigenvalue weighted by Gasteiger charge is 2.19. The van der Waals surface area contributed by atoms with Gasteiger partial charge in [0.15, 0.2) is 34.9 Å². The zero-order chi connectivity index (χ0) is 99.3. The van der Waals surface area contributed by atoms with Crippen LogP contribution in [-0.2, 0) is 4.57 Å². The van der Waals surface area contributed by atoms with E-state index < -0.39 is 7.14 Å². The molecule has 0 N–H and O–H groups in total. The highest BCUT2D eigenvalue weighted by Crippen LogP contribution is 2.40. The molecule has 17 aromatic carbocycles. The van der Waals surface area contributed by atoms with Gasteiger partial charge < -0.3 is 4.57 Å². The van der Waals surface area contributed by atoms with Crippen LogP contribution < -0.4 is 0 Å². The second-order valence-electron chi connectivity index (χ2n) is 30.4. The van der Waals surface area contributed by atoms with Crippen LogP contribution in [-0.4, -0.2) is 74.8 Å². The van der Waals surface area contributed by atoms with E-state index in [1.54, 1.807) is 50.3 Å². The van der Waals surface area contributed by atoms with Crippen molar-refractivity contribution in [1.29, 1.82) is 0 Å². The van der Waals surface area contributed by atoms with Crippen LogP contribution in [0.2, 0.25) is 0 Å². The van der Waals surface area contributed by atoms with E-state index in [9.17, 15) is 4.57 Å². The lowest BCUT2D eigenvalue weighted by atomic mass is 9.85. The maximum absolute atomic E-state index is 10.2. The van der Waals surface area contributed by atoms with Crippen molar-refractivity contribution < 1.29 is 4.57 Å². The Balaban J connectivity index is 0.000000180. The number of nitrogens with zero attached hydrogens (tertiary/aromatic N) is 11. The zero-order valence-electron chi connectivity index (χ0n) is 82.8. The number of rotatable bonds is 12. The van der Waals surface area contributed by atoms with Crippen LogP contribution in [0, 0.1) is 0 Å². The summed E-state index contributed by atoms with van der Waals surface area (Å²) in [6.07, 6.45) is 4.70. The molecule has 700 valence electrons. The zero-order valence-corrected chi connectivity index (χ0v) is 84.5. The molecule has 0 unspecified atom stereocenters. The largest absolute Gasteiger partial charge is 0.324 e. The van der Waals surface area contributed by atoms with Gasteiger partial charge in [0.05, 0.1) is 33.9 Å². The van der Waals surface area contributed by atoms with E-state index in [1.807, 2.05) is 295 Å². The lowest BCUT2D eigenvalue weighted by Crippen LogP contribution is -1.98. The number of hydrogen-bond donors (Lipinski definition) is 0. The van der Waals surface area contributed by atoms with E-state index in [4.69, 9.17) is 9.97 Å². The average molecular weight is 1870 g/mol. The fraction of sp³-hybridized carbons (Fsp3) is 0.119. The van der Waals surface area contributed by atoms with Crippen LogP contribution in [0.5, 0.6) is 0 Å². The van der Waals surface area contributed by atoms with Gasteiger partial charge >= 0.3 is 0 Å². The first kappa shape index (κ1) is 106. The Morgan fingerprint density at radius 1 is 0.207 bits per heavy atom. The molecule has 0 fully saturated rings. The van der Waals surface area contributed by atoms with Crippen LogP contribution in [0.1, 0.15) is 105 Å². The molecular weight excluding hydrogens is 1750 g/mol. The number of fused-ring (bicyclic) bond motifs is 7. The smallest absolute Gasteiger partial charge is 0.163 e. The van der Waals surface area contributed by atoms with Gasteiger partial charge in [0, 0.05) is 54.9 Å². The molecule has 0 atom stereocenters. The van der Waals surface area contributed by atoms with Crippen molar-refractivity contribution in [3.05, 3.63) is 502 Å². The summed E-state index contributed by atoms with van der Waals surface area (Å²) in [7, 11) is -1.64. The molecule has 0 radical (unpaired) electrons. The number of aromatic nitrogens is 11. The Morgan fingerprint density at radius 3 is 0.829 bits per heavy atom. The van der Waals surface area contributed by atoms with Crippen molar-refractivity contribution in [1.82, 2.24) is 54.8 Å². The van der Waals surface area contributed by atoms with E-state index in [1.165, 1.54) is 70.4 Å². The number of hydrogen-bond acceptors (Lipinski definition) is 13. The monoisotopic (exact) mass is 1870 g/mol. The molecule has 140 heavy (non-hydrogen) atoms. The van der Waals surface area contributed by atoms with Gasteiger partial charge in [-0.15, -0.1) is 11.3 Å². The maximum Gasteiger partial charge on any atom is 0.163 e. The van der Waals surface area contributed by atoms with Gasteiger partial charge in [0.2, 0.25) is 0 Å². The summed E-state index contributed by atoms with van der Waals surface area (Å²) >= 11 is 1.68. The molecule has 22 aromatic rings. The van der Waals surface area contributed by atoms with Gasteiger partial charge in [-0.05, 0) is 117 Å². The average Bonchev–Trinajstić information content (AvgIpc) is 0.831. The highest BCUT2D eigenvalue weighted by atomic mass is 32.1. The summed E-state index contributed by atoms with van der Waals surface area (Å²) in [4.78, 5) is 48.9. The lowest BCUT2D eigenvalue weighted by molar-refractivity contribution is 0.586. The number of thiazole rings is 1. The maximum atomic E-state index is 10.2. The van der Waals surface area contributed by atoms with Crippen LogP contribution in [0.15, 0.2) is 479 Å². The number of pyridine rings is 1. The molecule has 0 spiro atoms. The first-order valence-electron chi connectivity index (χ1n) is 48.0. The van der Waals surface area contributed by atoms with E-state index in [0.717, 1.165) is 72.2 Å². The summed E-state index contributed by atoms with van der Waals surface area (Å²) in [6.45, 7) is 29.2. The quantitative estimate of drug-likeness (QED) is 0.0494. The summed E-state index contributed by atoms with van der Waals surface area (Å²) in [5.74, 6) is 4.09. The van der Waals surface area contributed by atoms with Crippen LogP contribution >= 0.6 is 18.5 Å². The third-order valence-corrected chi connectivity index (χ3v) is 21.2. The highest BCUT2D eigenvalue weighted by molar-refractivity contribution is 7.61. The molecule has 0 saturated heterocycles. The summed E-state index contributed by atoms with van der Waals surface area (Å²) in [5, 5.41) is 7.30. The molecule has 22 rings (SSSR count). The minimum Gasteiger partial charge on any atom is -0.324 e. The predicted octanol–water partition coefficient (Wildman–Crippen LogP) is 35.0. The van der Waals surface area contributed by atoms with Gasteiger partial charge in [-0.25, -0.2) is 54.8 Å². The second-order valence-corrected chi connectivity index (χ2v) is 35.0. The van der Waals surface area contributed by atoms with Crippen LogP contribution in [0.25, 0.3) is 155 Å². The summed E-state index contributed by atoms with van der Waals surface area (Å²) in [6, 6.07) is 156. The molecule has 0 bridgehead atoms. The van der Waals surface area contributed by atoms with Crippen molar-refractivity contribution in [2.24, 2.45) is 0 Å².